The summed E-state index contributed by atoms with van der Waals surface area (Å²) < 4.78 is 10.9. The number of nitrogens with two attached hydrogens (primary N) is 1. The lowest BCUT2D eigenvalue weighted by atomic mass is 9.53. The number of hydrogen-bond acceptors (Lipinski definition) is 11. The summed E-state index contributed by atoms with van der Waals surface area (Å²) in [6, 6.07) is 7.89. The second kappa shape index (κ2) is 12.4. The largest absolute Gasteiger partial charge is 0.507 e. The number of hydrogen-bond donors (Lipinski definition) is 4. The summed E-state index contributed by atoms with van der Waals surface area (Å²) in [5, 5.41) is 25.6. The molecule has 0 radical (unpaired) electrons. The van der Waals surface area contributed by atoms with Crippen molar-refractivity contribution in [2.45, 2.75) is 58.2 Å². The van der Waals surface area contributed by atoms with Crippen LogP contribution in [0.5, 0.6) is 11.5 Å². The Morgan fingerprint density at radius 3 is 2.41 bits per heavy atom. The van der Waals surface area contributed by atoms with Crippen molar-refractivity contribution >= 4 is 35.0 Å². The molecule has 2 fully saturated rings. The van der Waals surface area contributed by atoms with Crippen LogP contribution in [-0.2, 0) is 41.7 Å². The highest BCUT2D eigenvalue weighted by molar-refractivity contribution is 6.31. The zero-order valence-electron chi connectivity index (χ0n) is 26.1. The molecular weight excluding hydrogens is 596 g/mol. The fraction of sp³-hybridized carbons (Fsp3) is 0.471. The Hall–Kier alpha value is -4.42. The lowest BCUT2D eigenvalue weighted by Gasteiger charge is -2.48. The average Bonchev–Trinajstić information content (AvgIpc) is 2.99. The van der Waals surface area contributed by atoms with E-state index in [1.54, 1.807) is 19.1 Å². The summed E-state index contributed by atoms with van der Waals surface area (Å²) in [6.07, 6.45) is -0.300. The number of nitrogens with one attached hydrogen (secondary N) is 1. The molecule has 5 rings (SSSR count). The monoisotopic (exact) mass is 634 g/mol. The van der Waals surface area contributed by atoms with E-state index in [2.05, 4.69) is 5.32 Å². The van der Waals surface area contributed by atoms with Gasteiger partial charge in [-0.25, -0.2) is 0 Å². The first-order valence-electron chi connectivity index (χ1n) is 15.3. The number of carbonyl (C=O) groups is 6. The molecule has 2 aromatic rings. The molecule has 6 atom stereocenters. The van der Waals surface area contributed by atoms with Crippen molar-refractivity contribution in [3.63, 3.8) is 0 Å². The third-order valence-electron chi connectivity index (χ3n) is 9.57. The summed E-state index contributed by atoms with van der Waals surface area (Å²) in [7, 11) is 1.50. The van der Waals surface area contributed by atoms with Crippen LogP contribution < -0.4 is 15.8 Å². The van der Waals surface area contributed by atoms with Crippen molar-refractivity contribution < 1.29 is 48.5 Å². The number of methoxy groups -OCH3 is 1. The quantitative estimate of drug-likeness (QED) is 0.231. The molecule has 244 valence electrons. The zero-order valence-corrected chi connectivity index (χ0v) is 26.1. The Labute approximate surface area is 265 Å². The molecular formula is C34H38N2O10. The van der Waals surface area contributed by atoms with E-state index in [-0.39, 0.29) is 42.6 Å². The minimum atomic E-state index is -2.71. The Bertz CT molecular complexity index is 1650. The van der Waals surface area contributed by atoms with Crippen LogP contribution in [0.3, 0.4) is 0 Å². The summed E-state index contributed by atoms with van der Waals surface area (Å²) in [5.74, 6) is -10.7. The highest BCUT2D eigenvalue weighted by Gasteiger charge is 2.66. The molecule has 0 aliphatic heterocycles. The number of ketones is 4. The lowest BCUT2D eigenvalue weighted by molar-refractivity contribution is -0.175. The van der Waals surface area contributed by atoms with Gasteiger partial charge < -0.3 is 30.7 Å². The van der Waals surface area contributed by atoms with E-state index in [9.17, 15) is 39.0 Å². The number of primary amides is 1. The summed E-state index contributed by atoms with van der Waals surface area (Å²) in [4.78, 5) is 78.0. The molecule has 0 heterocycles. The smallest absolute Gasteiger partial charge is 0.323 e. The molecule has 12 heteroatoms. The van der Waals surface area contributed by atoms with Gasteiger partial charge in [-0.05, 0) is 66.5 Å². The van der Waals surface area contributed by atoms with Gasteiger partial charge in [0.1, 0.15) is 17.5 Å². The first-order valence-corrected chi connectivity index (χ1v) is 15.3. The topological polar surface area (TPSA) is 199 Å². The van der Waals surface area contributed by atoms with E-state index in [0.717, 1.165) is 5.56 Å². The van der Waals surface area contributed by atoms with Crippen molar-refractivity contribution in [1.29, 1.82) is 0 Å². The number of Topliss-reactive ketones (excluding diaryl/α,β-unsaturated/α-hetero) is 4. The molecule has 0 saturated heterocycles. The molecule has 3 aliphatic rings. The van der Waals surface area contributed by atoms with Crippen LogP contribution in [0.4, 0.5) is 0 Å². The van der Waals surface area contributed by atoms with Crippen LogP contribution in [0.2, 0.25) is 0 Å². The number of esters is 1. The van der Waals surface area contributed by atoms with E-state index in [0.29, 0.717) is 29.0 Å². The Balaban J connectivity index is 1.53. The molecule has 3 unspecified atom stereocenters. The van der Waals surface area contributed by atoms with Gasteiger partial charge in [0.05, 0.1) is 25.2 Å². The van der Waals surface area contributed by atoms with Crippen molar-refractivity contribution in [2.24, 2.45) is 35.3 Å². The van der Waals surface area contributed by atoms with E-state index in [1.807, 2.05) is 26.0 Å². The van der Waals surface area contributed by atoms with Gasteiger partial charge in [0, 0.05) is 24.4 Å². The number of phenols is 1. The normalized spacial score (nSPS) is 26.2. The molecule has 0 spiro atoms. The van der Waals surface area contributed by atoms with Gasteiger partial charge in [-0.3, -0.25) is 28.8 Å². The number of rotatable bonds is 9. The molecule has 46 heavy (non-hydrogen) atoms. The Kier molecular flexibility index (Phi) is 8.89. The van der Waals surface area contributed by atoms with Gasteiger partial charge in [0.15, 0.2) is 34.7 Å². The number of phenolic OH excluding ortho intramolecular Hbond substituents is 1. The van der Waals surface area contributed by atoms with E-state index < -0.39 is 70.8 Å². The fourth-order valence-corrected chi connectivity index (χ4v) is 7.35. The average molecular weight is 635 g/mol. The van der Waals surface area contributed by atoms with Crippen LogP contribution >= 0.6 is 0 Å². The van der Waals surface area contributed by atoms with Crippen molar-refractivity contribution in [3.8, 4) is 22.6 Å². The lowest BCUT2D eigenvalue weighted by Crippen LogP contribution is -2.68. The third-order valence-corrected chi connectivity index (χ3v) is 9.57. The maximum absolute atomic E-state index is 14.0. The molecule has 0 bridgehead atoms. The highest BCUT2D eigenvalue weighted by atomic mass is 16.5. The van der Waals surface area contributed by atoms with Crippen LogP contribution in [-0.4, -0.2) is 70.6 Å². The molecule has 1 amide bonds. The second-order valence-electron chi connectivity index (χ2n) is 12.6. The molecule has 12 nitrogen and oxygen atoms in total. The Morgan fingerprint density at radius 1 is 1.07 bits per heavy atom. The maximum Gasteiger partial charge on any atom is 0.323 e. The minimum absolute atomic E-state index is 0.0122. The number of amides is 1. The molecule has 0 aromatic heterocycles. The van der Waals surface area contributed by atoms with Gasteiger partial charge in [-0.1, -0.05) is 26.0 Å². The van der Waals surface area contributed by atoms with E-state index >= 15 is 0 Å². The van der Waals surface area contributed by atoms with E-state index in [4.69, 9.17) is 15.2 Å². The minimum Gasteiger partial charge on any atom is -0.507 e. The van der Waals surface area contributed by atoms with Gasteiger partial charge >= 0.3 is 5.97 Å². The molecule has 2 aromatic carbocycles. The number of fused-ring (bicyclic) bond motifs is 3. The summed E-state index contributed by atoms with van der Waals surface area (Å²) in [5.41, 5.74) is 4.88. The second-order valence-corrected chi connectivity index (χ2v) is 12.6. The summed E-state index contributed by atoms with van der Waals surface area (Å²) >= 11 is 0. The van der Waals surface area contributed by atoms with Crippen LogP contribution in [0.1, 0.15) is 55.1 Å². The van der Waals surface area contributed by atoms with E-state index in [1.165, 1.54) is 13.2 Å². The fourth-order valence-electron chi connectivity index (χ4n) is 7.35. The maximum atomic E-state index is 14.0. The first-order chi connectivity index (χ1) is 21.8. The van der Waals surface area contributed by atoms with Crippen LogP contribution in [0.15, 0.2) is 30.3 Å². The predicted octanol–water partition coefficient (Wildman–Crippen LogP) is 1.68. The molecule has 5 N–H and O–H groups in total. The summed E-state index contributed by atoms with van der Waals surface area (Å²) in [6.45, 7) is 6.13. The van der Waals surface area contributed by atoms with Crippen LogP contribution in [0, 0.1) is 29.6 Å². The molecule has 2 saturated carbocycles. The SMILES string of the molecule is CCOC(=O)C(NCc1ccc(OC)c(-c2ccc(O)c3c2C[C@H]2C[C@H]4CC(=O)C(C(N)=O)C(=O)[C@@]4(O)C(=O)C2C3=O)c1)C(C)C. The number of aromatic hydroxyl groups is 1. The number of aliphatic hydroxyl groups is 1. The van der Waals surface area contributed by atoms with Gasteiger partial charge in [0.2, 0.25) is 5.91 Å². The number of carbonyl (C=O) groups excluding carboxylic acids is 6. The standard InChI is InChI=1S/C34H38N2O10/c1-5-46-33(43)28(15(2)3)36-14-16-6-9-24(45-4)20(10-16)19-7-8-22(37)26-21(19)12-17-11-18-13-23(38)27(32(35)42)31(41)34(18,44)30(40)25(17)29(26)39/h6-10,15,17-18,25,27-28,36-37,44H,5,11-14H2,1-4H3,(H2,35,42)/t17-,18+,25?,27?,28?,34+/m1/s1. The number of benzene rings is 2. The number of ether oxygens (including phenoxy) is 2. The van der Waals surface area contributed by atoms with Gasteiger partial charge in [-0.15, -0.1) is 0 Å². The third kappa shape index (κ3) is 5.28. The van der Waals surface area contributed by atoms with Gasteiger partial charge in [0.25, 0.3) is 0 Å². The van der Waals surface area contributed by atoms with Gasteiger partial charge in [-0.2, -0.15) is 0 Å². The Morgan fingerprint density at radius 2 is 1.78 bits per heavy atom. The zero-order chi connectivity index (χ0) is 33.7. The van der Waals surface area contributed by atoms with Crippen molar-refractivity contribution in [1.82, 2.24) is 5.32 Å². The first kappa shape index (κ1) is 33.0. The van der Waals surface area contributed by atoms with Crippen molar-refractivity contribution in [2.75, 3.05) is 13.7 Å². The molecule has 3 aliphatic carbocycles. The van der Waals surface area contributed by atoms with Crippen LogP contribution in [0.25, 0.3) is 11.1 Å². The van der Waals surface area contributed by atoms with Crippen molar-refractivity contribution in [3.05, 3.63) is 47.0 Å². The highest BCUT2D eigenvalue weighted by Crippen LogP contribution is 2.51. The predicted molar refractivity (Wildman–Crippen MR) is 163 cm³/mol.